The third-order valence-electron chi connectivity index (χ3n) is 5.85. The maximum Gasteiger partial charge on any atom is 0.231 e. The number of benzene rings is 1. The molecule has 0 amide bonds. The standard InChI is InChI=1S/C25H25N5O4S/c1-16-12-20(17(2)30(16)19-4-5-22-23(13-19)34-15-33-22)21(31)14-35-25-28-27-24(29(25)10-11-32-3)18-6-8-26-9-7-18/h4-9,12-13H,10-11,14-15H2,1-3H3. The third-order valence-corrected chi connectivity index (χ3v) is 6.82. The van der Waals surface area contributed by atoms with Crippen molar-refractivity contribution < 1.29 is 19.0 Å². The number of methoxy groups -OCH3 is 1. The van der Waals surface area contributed by atoms with E-state index in [1.165, 1.54) is 11.8 Å². The van der Waals surface area contributed by atoms with E-state index in [4.69, 9.17) is 14.2 Å². The second-order valence-electron chi connectivity index (χ2n) is 8.06. The van der Waals surface area contributed by atoms with Crippen LogP contribution in [0.3, 0.4) is 0 Å². The summed E-state index contributed by atoms with van der Waals surface area (Å²) in [4.78, 5) is 17.3. The molecular formula is C25H25N5O4S. The first kappa shape index (κ1) is 23.1. The van der Waals surface area contributed by atoms with Crippen LogP contribution < -0.4 is 9.47 Å². The first-order chi connectivity index (χ1) is 17.1. The number of thioether (sulfide) groups is 1. The van der Waals surface area contributed by atoms with Gasteiger partial charge in [-0.05, 0) is 44.2 Å². The molecule has 0 saturated heterocycles. The van der Waals surface area contributed by atoms with Crippen LogP contribution >= 0.6 is 11.8 Å². The highest BCUT2D eigenvalue weighted by Crippen LogP contribution is 2.35. The summed E-state index contributed by atoms with van der Waals surface area (Å²) in [5.41, 5.74) is 4.37. The van der Waals surface area contributed by atoms with Crippen LogP contribution in [0.4, 0.5) is 0 Å². The summed E-state index contributed by atoms with van der Waals surface area (Å²) >= 11 is 1.37. The van der Waals surface area contributed by atoms with Crippen molar-refractivity contribution >= 4 is 17.5 Å². The molecule has 4 heterocycles. The Morgan fingerprint density at radius 2 is 1.89 bits per heavy atom. The molecule has 10 heteroatoms. The lowest BCUT2D eigenvalue weighted by Crippen LogP contribution is -2.10. The fourth-order valence-corrected chi connectivity index (χ4v) is 5.02. The van der Waals surface area contributed by atoms with Crippen molar-refractivity contribution in [3.63, 3.8) is 0 Å². The van der Waals surface area contributed by atoms with Gasteiger partial charge < -0.3 is 18.8 Å². The number of aromatic nitrogens is 5. The molecule has 0 spiro atoms. The van der Waals surface area contributed by atoms with Gasteiger partial charge in [0.1, 0.15) is 0 Å². The number of pyridine rings is 1. The number of nitrogens with zero attached hydrogens (tertiary/aromatic N) is 5. The minimum absolute atomic E-state index is 0.0295. The van der Waals surface area contributed by atoms with Crippen LogP contribution in [-0.2, 0) is 11.3 Å². The summed E-state index contributed by atoms with van der Waals surface area (Å²) < 4.78 is 20.3. The molecule has 5 rings (SSSR count). The molecule has 1 aromatic carbocycles. The maximum absolute atomic E-state index is 13.3. The molecule has 1 aliphatic heterocycles. The Morgan fingerprint density at radius 1 is 1.09 bits per heavy atom. The van der Waals surface area contributed by atoms with Gasteiger partial charge in [0.25, 0.3) is 0 Å². The summed E-state index contributed by atoms with van der Waals surface area (Å²) in [5.74, 6) is 2.43. The number of Topliss-reactive ketones (excluding diaryl/α,β-unsaturated/α-hetero) is 1. The summed E-state index contributed by atoms with van der Waals surface area (Å²) in [6, 6.07) is 11.5. The van der Waals surface area contributed by atoms with Gasteiger partial charge in [-0.25, -0.2) is 0 Å². The largest absolute Gasteiger partial charge is 0.454 e. The highest BCUT2D eigenvalue weighted by molar-refractivity contribution is 7.99. The average Bonchev–Trinajstić information content (AvgIpc) is 3.58. The molecule has 180 valence electrons. The normalized spacial score (nSPS) is 12.3. The van der Waals surface area contributed by atoms with Gasteiger partial charge in [0.2, 0.25) is 6.79 Å². The van der Waals surface area contributed by atoms with Crippen molar-refractivity contribution in [3.8, 4) is 28.6 Å². The number of ketones is 1. The second kappa shape index (κ2) is 9.93. The molecule has 0 bridgehead atoms. The molecule has 0 N–H and O–H groups in total. The minimum Gasteiger partial charge on any atom is -0.454 e. The zero-order valence-corrected chi connectivity index (χ0v) is 20.5. The summed E-state index contributed by atoms with van der Waals surface area (Å²) in [6.45, 7) is 5.26. The van der Waals surface area contributed by atoms with Crippen molar-refractivity contribution in [2.75, 3.05) is 26.3 Å². The van der Waals surface area contributed by atoms with E-state index in [-0.39, 0.29) is 18.3 Å². The Hall–Kier alpha value is -3.63. The zero-order valence-electron chi connectivity index (χ0n) is 19.7. The fraction of sp³-hybridized carbons (Fsp3) is 0.280. The molecule has 0 radical (unpaired) electrons. The number of hydrogen-bond acceptors (Lipinski definition) is 8. The molecule has 0 atom stereocenters. The molecule has 3 aromatic heterocycles. The van der Waals surface area contributed by atoms with Crippen LogP contribution in [0.1, 0.15) is 21.7 Å². The average molecular weight is 492 g/mol. The van der Waals surface area contributed by atoms with E-state index >= 15 is 0 Å². The number of carbonyl (C=O) groups is 1. The van der Waals surface area contributed by atoms with Gasteiger partial charge in [0, 0.05) is 53.8 Å². The van der Waals surface area contributed by atoms with Gasteiger partial charge in [-0.2, -0.15) is 0 Å². The first-order valence-electron chi connectivity index (χ1n) is 11.1. The van der Waals surface area contributed by atoms with Crippen LogP contribution in [0, 0.1) is 13.8 Å². The summed E-state index contributed by atoms with van der Waals surface area (Å²) in [5, 5.41) is 9.39. The van der Waals surface area contributed by atoms with Crippen molar-refractivity contribution in [1.29, 1.82) is 0 Å². The van der Waals surface area contributed by atoms with E-state index in [1.54, 1.807) is 19.5 Å². The number of ether oxygens (including phenoxy) is 3. The lowest BCUT2D eigenvalue weighted by atomic mass is 10.2. The topological polar surface area (TPSA) is 93.3 Å². The monoisotopic (exact) mass is 491 g/mol. The lowest BCUT2D eigenvalue weighted by molar-refractivity contribution is 0.102. The maximum atomic E-state index is 13.3. The van der Waals surface area contributed by atoms with E-state index < -0.39 is 0 Å². The smallest absolute Gasteiger partial charge is 0.231 e. The van der Waals surface area contributed by atoms with E-state index in [2.05, 4.69) is 19.7 Å². The van der Waals surface area contributed by atoms with E-state index in [1.807, 2.05) is 54.8 Å². The van der Waals surface area contributed by atoms with Gasteiger partial charge >= 0.3 is 0 Å². The first-order valence-corrected chi connectivity index (χ1v) is 12.1. The Morgan fingerprint density at radius 3 is 2.69 bits per heavy atom. The van der Waals surface area contributed by atoms with Crippen molar-refractivity contribution in [2.45, 2.75) is 25.5 Å². The number of fused-ring (bicyclic) bond motifs is 1. The molecular weight excluding hydrogens is 466 g/mol. The third kappa shape index (κ3) is 4.54. The predicted octanol–water partition coefficient (Wildman–Crippen LogP) is 4.10. The Labute approximate surface area is 207 Å². The Kier molecular flexibility index (Phi) is 6.56. The minimum atomic E-state index is 0.0295. The van der Waals surface area contributed by atoms with Crippen molar-refractivity contribution in [1.82, 2.24) is 24.3 Å². The quantitative estimate of drug-likeness (QED) is 0.255. The molecule has 4 aromatic rings. The zero-order chi connectivity index (χ0) is 24.4. The molecule has 0 saturated carbocycles. The van der Waals surface area contributed by atoms with Crippen LogP contribution in [0.5, 0.6) is 11.5 Å². The fourth-order valence-electron chi connectivity index (χ4n) is 4.17. The van der Waals surface area contributed by atoms with Gasteiger partial charge in [0.05, 0.1) is 18.9 Å². The highest BCUT2D eigenvalue weighted by atomic mass is 32.2. The molecule has 0 fully saturated rings. The van der Waals surface area contributed by atoms with E-state index in [0.717, 1.165) is 34.2 Å². The molecule has 0 unspecified atom stereocenters. The summed E-state index contributed by atoms with van der Waals surface area (Å²) in [6.07, 6.45) is 3.44. The van der Waals surface area contributed by atoms with Crippen molar-refractivity contribution in [2.24, 2.45) is 0 Å². The molecule has 1 aliphatic rings. The number of aryl methyl sites for hydroxylation is 1. The number of carbonyl (C=O) groups excluding carboxylic acids is 1. The predicted molar refractivity (Wildman–Crippen MR) is 132 cm³/mol. The van der Waals surface area contributed by atoms with Gasteiger partial charge in [-0.3, -0.25) is 14.3 Å². The van der Waals surface area contributed by atoms with Crippen LogP contribution in [0.15, 0.2) is 53.9 Å². The molecule has 35 heavy (non-hydrogen) atoms. The SMILES string of the molecule is COCCn1c(SCC(=O)c2cc(C)n(-c3ccc4c(c3)OCO4)c2C)nnc1-c1ccncc1. The van der Waals surface area contributed by atoms with Crippen LogP contribution in [0.25, 0.3) is 17.1 Å². The molecule has 0 aliphatic carbocycles. The van der Waals surface area contributed by atoms with Gasteiger partial charge in [-0.1, -0.05) is 11.8 Å². The van der Waals surface area contributed by atoms with Crippen LogP contribution in [-0.4, -0.2) is 56.4 Å². The number of rotatable bonds is 9. The Bertz CT molecular complexity index is 1370. The van der Waals surface area contributed by atoms with Gasteiger partial charge in [-0.15, -0.1) is 10.2 Å². The molecule has 9 nitrogen and oxygen atoms in total. The van der Waals surface area contributed by atoms with Gasteiger partial charge in [0.15, 0.2) is 28.3 Å². The Balaban J connectivity index is 1.37. The van der Waals surface area contributed by atoms with Crippen LogP contribution in [0.2, 0.25) is 0 Å². The summed E-state index contributed by atoms with van der Waals surface area (Å²) in [7, 11) is 1.66. The highest BCUT2D eigenvalue weighted by Gasteiger charge is 2.21. The number of hydrogen-bond donors (Lipinski definition) is 0. The second-order valence-corrected chi connectivity index (χ2v) is 9.00. The lowest BCUT2D eigenvalue weighted by Gasteiger charge is -2.11. The van der Waals surface area contributed by atoms with E-state index in [9.17, 15) is 4.79 Å². The van der Waals surface area contributed by atoms with Crippen molar-refractivity contribution in [3.05, 3.63) is 65.7 Å². The van der Waals surface area contributed by atoms with E-state index in [0.29, 0.717) is 29.6 Å².